The van der Waals surface area contributed by atoms with Crippen molar-refractivity contribution in [2.24, 2.45) is 0 Å². The van der Waals surface area contributed by atoms with Crippen LogP contribution in [0, 0.1) is 5.82 Å². The Labute approximate surface area is 143 Å². The topological polar surface area (TPSA) is 78.7 Å². The predicted molar refractivity (Wildman–Crippen MR) is 88.7 cm³/mol. The first-order chi connectivity index (χ1) is 11.9. The molecule has 0 fully saturated rings. The van der Waals surface area contributed by atoms with Gasteiger partial charge in [-0.3, -0.25) is 9.59 Å². The highest BCUT2D eigenvalue weighted by Gasteiger charge is 2.30. The molecule has 0 unspecified atom stereocenters. The molecular formula is C17H19FN4O3. The van der Waals surface area contributed by atoms with E-state index >= 15 is 0 Å². The first kappa shape index (κ1) is 17.1. The number of aromatic hydroxyl groups is 1. The van der Waals surface area contributed by atoms with Crippen molar-refractivity contribution in [3.63, 3.8) is 0 Å². The van der Waals surface area contributed by atoms with Crippen LogP contribution in [0.15, 0.2) is 29.1 Å². The lowest BCUT2D eigenvalue weighted by Gasteiger charge is -2.31. The fourth-order valence-corrected chi connectivity index (χ4v) is 2.88. The number of hydrogen-bond acceptors (Lipinski definition) is 5. The summed E-state index contributed by atoms with van der Waals surface area (Å²) in [6.45, 7) is 1.49. The van der Waals surface area contributed by atoms with Crippen LogP contribution in [-0.2, 0) is 19.6 Å². The van der Waals surface area contributed by atoms with Gasteiger partial charge in [0, 0.05) is 19.6 Å². The molecule has 3 rings (SSSR count). The smallest absolute Gasteiger partial charge is 0.315 e. The van der Waals surface area contributed by atoms with Gasteiger partial charge >= 0.3 is 5.56 Å². The molecule has 1 N–H and O–H groups in total. The third-order valence-corrected chi connectivity index (χ3v) is 4.07. The van der Waals surface area contributed by atoms with E-state index in [1.807, 2.05) is 19.0 Å². The molecule has 0 saturated carbocycles. The molecule has 132 valence electrons. The summed E-state index contributed by atoms with van der Waals surface area (Å²) in [5.41, 5.74) is -0.0714. The minimum absolute atomic E-state index is 0.0368. The van der Waals surface area contributed by atoms with E-state index in [9.17, 15) is 19.1 Å². The summed E-state index contributed by atoms with van der Waals surface area (Å²) in [4.78, 5) is 32.0. The van der Waals surface area contributed by atoms with Gasteiger partial charge in [0.15, 0.2) is 5.69 Å². The van der Waals surface area contributed by atoms with E-state index in [0.29, 0.717) is 25.5 Å². The fraction of sp³-hybridized carbons (Fsp3) is 0.353. The summed E-state index contributed by atoms with van der Waals surface area (Å²) < 4.78 is 14.6. The third-order valence-electron chi connectivity index (χ3n) is 4.07. The molecule has 1 aromatic carbocycles. The van der Waals surface area contributed by atoms with Crippen molar-refractivity contribution in [3.8, 4) is 5.75 Å². The van der Waals surface area contributed by atoms with Crippen LogP contribution in [-0.4, -0.2) is 51.0 Å². The number of aromatic nitrogens is 2. The number of amides is 1. The zero-order valence-electron chi connectivity index (χ0n) is 14.1. The van der Waals surface area contributed by atoms with Crippen molar-refractivity contribution in [1.82, 2.24) is 19.4 Å². The first-order valence-corrected chi connectivity index (χ1v) is 7.88. The summed E-state index contributed by atoms with van der Waals surface area (Å²) in [5.74, 6) is -0.968. The molecule has 0 radical (unpaired) electrons. The van der Waals surface area contributed by atoms with Crippen molar-refractivity contribution in [1.29, 1.82) is 0 Å². The maximum Gasteiger partial charge on any atom is 0.315 e. The van der Waals surface area contributed by atoms with Gasteiger partial charge in [0.25, 0.3) is 5.91 Å². The molecule has 0 spiro atoms. The lowest BCUT2D eigenvalue weighted by Crippen LogP contribution is -2.43. The van der Waals surface area contributed by atoms with Crippen LogP contribution in [0.4, 0.5) is 4.39 Å². The number of hydrogen-bond donors (Lipinski definition) is 1. The summed E-state index contributed by atoms with van der Waals surface area (Å²) in [5, 5.41) is 10.1. The lowest BCUT2D eigenvalue weighted by atomic mass is 10.1. The maximum absolute atomic E-state index is 13.0. The number of halogens is 1. The molecular weight excluding hydrogens is 327 g/mol. The molecule has 2 heterocycles. The molecule has 7 nitrogen and oxygen atoms in total. The first-order valence-electron chi connectivity index (χ1n) is 7.88. The van der Waals surface area contributed by atoms with E-state index in [1.54, 1.807) is 16.7 Å². The average molecular weight is 346 g/mol. The summed E-state index contributed by atoms with van der Waals surface area (Å²) >= 11 is 0. The maximum atomic E-state index is 13.0. The zero-order chi connectivity index (χ0) is 18.1. The van der Waals surface area contributed by atoms with Crippen molar-refractivity contribution in [2.75, 3.05) is 20.6 Å². The highest BCUT2D eigenvalue weighted by atomic mass is 19.1. The Kier molecular flexibility index (Phi) is 4.54. The Morgan fingerprint density at radius 3 is 2.52 bits per heavy atom. The molecule has 1 aromatic heterocycles. The largest absolute Gasteiger partial charge is 0.501 e. The van der Waals surface area contributed by atoms with Crippen molar-refractivity contribution < 1.29 is 14.3 Å². The van der Waals surface area contributed by atoms with Gasteiger partial charge in [-0.2, -0.15) is 4.98 Å². The van der Waals surface area contributed by atoms with Crippen LogP contribution in [0.1, 0.15) is 21.9 Å². The van der Waals surface area contributed by atoms with Gasteiger partial charge in [-0.25, -0.2) is 4.39 Å². The van der Waals surface area contributed by atoms with Crippen molar-refractivity contribution in [2.45, 2.75) is 19.6 Å². The second-order valence-corrected chi connectivity index (χ2v) is 6.27. The van der Waals surface area contributed by atoms with E-state index in [2.05, 4.69) is 4.98 Å². The number of nitrogens with zero attached hydrogens (tertiary/aromatic N) is 4. The molecule has 1 amide bonds. The van der Waals surface area contributed by atoms with Gasteiger partial charge in [-0.05, 0) is 31.8 Å². The Hall–Kier alpha value is -2.74. The van der Waals surface area contributed by atoms with E-state index in [4.69, 9.17) is 0 Å². The van der Waals surface area contributed by atoms with Crippen molar-refractivity contribution in [3.05, 3.63) is 57.5 Å². The highest BCUT2D eigenvalue weighted by molar-refractivity contribution is 5.95. The van der Waals surface area contributed by atoms with E-state index in [-0.39, 0.29) is 18.1 Å². The van der Waals surface area contributed by atoms with Gasteiger partial charge in [-0.15, -0.1) is 0 Å². The predicted octanol–water partition coefficient (Wildman–Crippen LogP) is 0.806. The molecule has 25 heavy (non-hydrogen) atoms. The third kappa shape index (κ3) is 3.39. The number of carbonyl (C=O) groups is 1. The van der Waals surface area contributed by atoms with E-state index in [1.165, 1.54) is 17.0 Å². The quantitative estimate of drug-likeness (QED) is 0.886. The second kappa shape index (κ2) is 6.64. The number of fused-ring (bicyclic) bond motifs is 1. The second-order valence-electron chi connectivity index (χ2n) is 6.27. The van der Waals surface area contributed by atoms with Crippen LogP contribution in [0.25, 0.3) is 0 Å². The summed E-state index contributed by atoms with van der Waals surface area (Å²) in [6.07, 6.45) is 0. The van der Waals surface area contributed by atoms with Gasteiger partial charge < -0.3 is 19.5 Å². The van der Waals surface area contributed by atoms with Gasteiger partial charge in [0.05, 0.1) is 6.54 Å². The lowest BCUT2D eigenvalue weighted by molar-refractivity contribution is 0.0678. The standard InChI is InChI=1S/C17H19FN4O3/c1-20(2)10-13-19-16(24)15(23)14-17(25)21(7-8-22(13)14)9-11-3-5-12(18)6-4-11/h3-6,23H,7-10H2,1-2H3. The Balaban J connectivity index is 1.95. The molecule has 0 aliphatic carbocycles. The number of carbonyl (C=O) groups excluding carboxylic acids is 1. The summed E-state index contributed by atoms with van der Waals surface area (Å²) in [6, 6.07) is 5.87. The van der Waals surface area contributed by atoms with Gasteiger partial charge in [-0.1, -0.05) is 12.1 Å². The number of benzene rings is 1. The van der Waals surface area contributed by atoms with E-state index in [0.717, 1.165) is 5.56 Å². The summed E-state index contributed by atoms with van der Waals surface area (Å²) in [7, 11) is 3.66. The average Bonchev–Trinajstić information content (AvgIpc) is 2.55. The molecule has 2 aromatic rings. The van der Waals surface area contributed by atoms with Crippen LogP contribution in [0.5, 0.6) is 5.75 Å². The Bertz CT molecular complexity index is 861. The minimum atomic E-state index is -0.805. The fourth-order valence-electron chi connectivity index (χ4n) is 2.88. The molecule has 0 bridgehead atoms. The molecule has 0 saturated heterocycles. The van der Waals surface area contributed by atoms with Crippen LogP contribution in [0.2, 0.25) is 0 Å². The highest BCUT2D eigenvalue weighted by Crippen LogP contribution is 2.22. The molecule has 0 atom stereocenters. The number of rotatable bonds is 4. The Morgan fingerprint density at radius 2 is 1.88 bits per heavy atom. The van der Waals surface area contributed by atoms with Crippen LogP contribution in [0.3, 0.4) is 0 Å². The van der Waals surface area contributed by atoms with E-state index < -0.39 is 17.2 Å². The monoisotopic (exact) mass is 346 g/mol. The molecule has 1 aliphatic rings. The zero-order valence-corrected chi connectivity index (χ0v) is 14.1. The Morgan fingerprint density at radius 1 is 1.20 bits per heavy atom. The van der Waals surface area contributed by atoms with Gasteiger partial charge in [0.2, 0.25) is 5.75 Å². The van der Waals surface area contributed by atoms with Crippen LogP contribution >= 0.6 is 0 Å². The molecule has 1 aliphatic heterocycles. The van der Waals surface area contributed by atoms with Gasteiger partial charge in [0.1, 0.15) is 11.6 Å². The molecule has 8 heteroatoms. The normalized spacial score (nSPS) is 14.1. The SMILES string of the molecule is CN(C)Cc1nc(=O)c(O)c2n1CCN(Cc1ccc(F)cc1)C2=O. The van der Waals surface area contributed by atoms with Crippen molar-refractivity contribution >= 4 is 5.91 Å². The minimum Gasteiger partial charge on any atom is -0.501 e. The van der Waals surface area contributed by atoms with Crippen LogP contribution < -0.4 is 5.56 Å².